The summed E-state index contributed by atoms with van der Waals surface area (Å²) in [6.45, 7) is 2.75. The van der Waals surface area contributed by atoms with Crippen LogP contribution in [0.5, 0.6) is 0 Å². The van der Waals surface area contributed by atoms with E-state index in [9.17, 15) is 0 Å². The van der Waals surface area contributed by atoms with Gasteiger partial charge in [-0.3, -0.25) is 0 Å². The molecular weight excluding hydrogens is 136 g/mol. The van der Waals surface area contributed by atoms with Gasteiger partial charge in [-0.15, -0.1) is 0 Å². The van der Waals surface area contributed by atoms with Crippen LogP contribution in [0.25, 0.3) is 0 Å². The maximum atomic E-state index is 5.50. The summed E-state index contributed by atoms with van der Waals surface area (Å²) < 4.78 is 5.50. The SMILES string of the molecule is CC=CCOC1=CCCCC1. The van der Waals surface area contributed by atoms with Crippen LogP contribution in [0, 0.1) is 0 Å². The van der Waals surface area contributed by atoms with Gasteiger partial charge in [0.25, 0.3) is 0 Å². The molecule has 0 radical (unpaired) electrons. The zero-order valence-corrected chi connectivity index (χ0v) is 7.18. The standard InChI is InChI=1S/C10H16O/c1-2-3-9-11-10-7-5-4-6-8-10/h2-3,7H,4-6,8-9H2,1H3. The van der Waals surface area contributed by atoms with Gasteiger partial charge in [0.2, 0.25) is 0 Å². The Balaban J connectivity index is 2.19. The third-order valence-corrected chi connectivity index (χ3v) is 1.85. The highest BCUT2D eigenvalue weighted by atomic mass is 16.5. The average Bonchev–Trinajstić information content (AvgIpc) is 2.07. The Hall–Kier alpha value is -0.720. The maximum absolute atomic E-state index is 5.50. The van der Waals surface area contributed by atoms with Gasteiger partial charge in [0, 0.05) is 6.42 Å². The van der Waals surface area contributed by atoms with Crippen LogP contribution in [0.4, 0.5) is 0 Å². The molecule has 0 saturated heterocycles. The highest BCUT2D eigenvalue weighted by molar-refractivity contribution is 4.97. The van der Waals surface area contributed by atoms with Gasteiger partial charge in [0.15, 0.2) is 0 Å². The van der Waals surface area contributed by atoms with E-state index < -0.39 is 0 Å². The average molecular weight is 152 g/mol. The van der Waals surface area contributed by atoms with Crippen molar-refractivity contribution in [3.05, 3.63) is 24.0 Å². The highest BCUT2D eigenvalue weighted by Crippen LogP contribution is 2.17. The van der Waals surface area contributed by atoms with Crippen molar-refractivity contribution in [2.75, 3.05) is 6.61 Å². The van der Waals surface area contributed by atoms with Gasteiger partial charge in [0.1, 0.15) is 6.61 Å². The van der Waals surface area contributed by atoms with Crippen molar-refractivity contribution in [1.29, 1.82) is 0 Å². The highest BCUT2D eigenvalue weighted by Gasteiger charge is 2.02. The lowest BCUT2D eigenvalue weighted by molar-refractivity contribution is 0.227. The van der Waals surface area contributed by atoms with Crippen molar-refractivity contribution < 1.29 is 4.74 Å². The molecule has 0 unspecified atom stereocenters. The fourth-order valence-corrected chi connectivity index (χ4v) is 1.19. The molecule has 0 bridgehead atoms. The van der Waals surface area contributed by atoms with Gasteiger partial charge < -0.3 is 4.74 Å². The normalized spacial score (nSPS) is 18.5. The molecular formula is C10H16O. The number of rotatable bonds is 3. The molecule has 0 N–H and O–H groups in total. The van der Waals surface area contributed by atoms with Crippen molar-refractivity contribution in [2.45, 2.75) is 32.6 Å². The Morgan fingerprint density at radius 3 is 3.09 bits per heavy atom. The summed E-state index contributed by atoms with van der Waals surface area (Å²) in [7, 11) is 0. The van der Waals surface area contributed by atoms with Crippen molar-refractivity contribution in [2.24, 2.45) is 0 Å². The van der Waals surface area contributed by atoms with E-state index >= 15 is 0 Å². The monoisotopic (exact) mass is 152 g/mol. The number of hydrogen-bond donors (Lipinski definition) is 0. The quantitative estimate of drug-likeness (QED) is 0.565. The molecule has 0 aromatic heterocycles. The van der Waals surface area contributed by atoms with Gasteiger partial charge in [-0.2, -0.15) is 0 Å². The zero-order chi connectivity index (χ0) is 7.94. The predicted molar refractivity (Wildman–Crippen MR) is 47.3 cm³/mol. The maximum Gasteiger partial charge on any atom is 0.106 e. The summed E-state index contributed by atoms with van der Waals surface area (Å²) in [5.41, 5.74) is 0. The van der Waals surface area contributed by atoms with Crippen LogP contribution < -0.4 is 0 Å². The summed E-state index contributed by atoms with van der Waals surface area (Å²) in [5.74, 6) is 1.19. The van der Waals surface area contributed by atoms with E-state index in [4.69, 9.17) is 4.74 Å². The third kappa shape index (κ3) is 3.26. The minimum Gasteiger partial charge on any atom is -0.494 e. The Bertz CT molecular complexity index is 156. The van der Waals surface area contributed by atoms with Gasteiger partial charge in [-0.25, -0.2) is 0 Å². The predicted octanol–water partition coefficient (Wildman–Crippen LogP) is 3.04. The van der Waals surface area contributed by atoms with Crippen LogP contribution in [0.3, 0.4) is 0 Å². The fourth-order valence-electron chi connectivity index (χ4n) is 1.19. The second-order valence-electron chi connectivity index (χ2n) is 2.80. The Morgan fingerprint density at radius 1 is 1.55 bits per heavy atom. The molecule has 1 rings (SSSR count). The minimum absolute atomic E-state index is 0.738. The summed E-state index contributed by atoms with van der Waals surface area (Å²) in [4.78, 5) is 0. The molecule has 0 atom stereocenters. The van der Waals surface area contributed by atoms with Crippen LogP contribution in [0.2, 0.25) is 0 Å². The molecule has 0 heterocycles. The molecule has 11 heavy (non-hydrogen) atoms. The van der Waals surface area contributed by atoms with Crippen LogP contribution in [0.15, 0.2) is 24.0 Å². The first kappa shape index (κ1) is 8.38. The van der Waals surface area contributed by atoms with Crippen molar-refractivity contribution in [1.82, 2.24) is 0 Å². The molecule has 1 nitrogen and oxygen atoms in total. The molecule has 0 aliphatic heterocycles. The van der Waals surface area contributed by atoms with Crippen LogP contribution >= 0.6 is 0 Å². The first-order valence-corrected chi connectivity index (χ1v) is 4.36. The van der Waals surface area contributed by atoms with Crippen molar-refractivity contribution in [3.63, 3.8) is 0 Å². The molecule has 62 valence electrons. The summed E-state index contributed by atoms with van der Waals surface area (Å²) in [5, 5.41) is 0. The van der Waals surface area contributed by atoms with E-state index in [2.05, 4.69) is 6.08 Å². The second-order valence-corrected chi connectivity index (χ2v) is 2.80. The van der Waals surface area contributed by atoms with Crippen molar-refractivity contribution in [3.8, 4) is 0 Å². The smallest absolute Gasteiger partial charge is 0.106 e. The molecule has 1 heteroatoms. The van der Waals surface area contributed by atoms with Crippen molar-refractivity contribution >= 4 is 0 Å². The molecule has 0 aromatic rings. The van der Waals surface area contributed by atoms with E-state index in [0.29, 0.717) is 0 Å². The molecule has 0 spiro atoms. The molecule has 0 aromatic carbocycles. The zero-order valence-electron chi connectivity index (χ0n) is 7.18. The Labute approximate surface area is 68.8 Å². The minimum atomic E-state index is 0.738. The summed E-state index contributed by atoms with van der Waals surface area (Å²) in [6, 6.07) is 0. The van der Waals surface area contributed by atoms with E-state index in [1.54, 1.807) is 0 Å². The lowest BCUT2D eigenvalue weighted by Crippen LogP contribution is -1.96. The summed E-state index contributed by atoms with van der Waals surface area (Å²) in [6.07, 6.45) is 11.2. The molecule has 0 amide bonds. The third-order valence-electron chi connectivity index (χ3n) is 1.85. The van der Waals surface area contributed by atoms with E-state index in [-0.39, 0.29) is 0 Å². The number of hydrogen-bond acceptors (Lipinski definition) is 1. The Kier molecular flexibility index (Phi) is 3.81. The Morgan fingerprint density at radius 2 is 2.45 bits per heavy atom. The molecule has 1 aliphatic rings. The first-order chi connectivity index (χ1) is 5.43. The first-order valence-electron chi connectivity index (χ1n) is 4.36. The van der Waals surface area contributed by atoms with Crippen LogP contribution in [-0.4, -0.2) is 6.61 Å². The summed E-state index contributed by atoms with van der Waals surface area (Å²) >= 11 is 0. The van der Waals surface area contributed by atoms with Gasteiger partial charge in [-0.1, -0.05) is 12.2 Å². The number of ether oxygens (including phenoxy) is 1. The topological polar surface area (TPSA) is 9.23 Å². The second kappa shape index (κ2) is 5.00. The molecule has 0 saturated carbocycles. The van der Waals surface area contributed by atoms with Crippen LogP contribution in [-0.2, 0) is 4.74 Å². The van der Waals surface area contributed by atoms with Gasteiger partial charge in [-0.05, 0) is 32.3 Å². The van der Waals surface area contributed by atoms with Crippen LogP contribution in [0.1, 0.15) is 32.6 Å². The largest absolute Gasteiger partial charge is 0.494 e. The van der Waals surface area contributed by atoms with Gasteiger partial charge >= 0.3 is 0 Å². The van der Waals surface area contributed by atoms with E-state index in [1.807, 2.05) is 19.1 Å². The van der Waals surface area contributed by atoms with Gasteiger partial charge in [0.05, 0.1) is 5.76 Å². The van der Waals surface area contributed by atoms with E-state index in [1.165, 1.54) is 25.0 Å². The fraction of sp³-hybridized carbons (Fsp3) is 0.600. The lowest BCUT2D eigenvalue weighted by atomic mass is 10.1. The molecule has 0 fully saturated rings. The lowest BCUT2D eigenvalue weighted by Gasteiger charge is -2.12. The van der Waals surface area contributed by atoms with E-state index in [0.717, 1.165) is 13.0 Å². The molecule has 1 aliphatic carbocycles. The number of allylic oxidation sites excluding steroid dienone is 3.